The molecule has 1 aromatic heterocycles. The highest BCUT2D eigenvalue weighted by Crippen LogP contribution is 2.25. The molecule has 0 unspecified atom stereocenters. The van der Waals surface area contributed by atoms with E-state index in [4.69, 9.17) is 17.3 Å². The lowest BCUT2D eigenvalue weighted by Gasteiger charge is -2.09. The Morgan fingerprint density at radius 1 is 1.38 bits per heavy atom. The number of aryl methyl sites for hydroxylation is 2. The van der Waals surface area contributed by atoms with Gasteiger partial charge >= 0.3 is 0 Å². The first-order valence-corrected chi connectivity index (χ1v) is 5.50. The molecule has 0 aliphatic carbocycles. The van der Waals surface area contributed by atoms with E-state index in [1.165, 1.54) is 0 Å². The zero-order chi connectivity index (χ0) is 11.7. The van der Waals surface area contributed by atoms with Crippen molar-refractivity contribution in [3.63, 3.8) is 0 Å². The fraction of sp³-hybridized carbons (Fsp3) is 0.250. The van der Waals surface area contributed by atoms with E-state index < -0.39 is 0 Å². The van der Waals surface area contributed by atoms with Crippen LogP contribution in [0.2, 0.25) is 5.02 Å². The molecule has 0 spiro atoms. The van der Waals surface area contributed by atoms with Crippen LogP contribution in [0.15, 0.2) is 24.5 Å². The van der Waals surface area contributed by atoms with E-state index in [9.17, 15) is 0 Å². The van der Waals surface area contributed by atoms with E-state index >= 15 is 0 Å². The lowest BCUT2D eigenvalue weighted by molar-refractivity contribution is 0.871. The molecule has 2 N–H and O–H groups in total. The molecule has 0 amide bonds. The van der Waals surface area contributed by atoms with Crippen LogP contribution in [0, 0.1) is 13.8 Å². The van der Waals surface area contributed by atoms with Crippen LogP contribution in [0.1, 0.15) is 16.7 Å². The minimum absolute atomic E-state index is 0.489. The highest BCUT2D eigenvalue weighted by molar-refractivity contribution is 6.32. The van der Waals surface area contributed by atoms with Crippen LogP contribution in [0.25, 0.3) is 5.69 Å². The predicted octanol–water partition coefficient (Wildman–Crippen LogP) is 2.60. The molecule has 0 aliphatic heterocycles. The van der Waals surface area contributed by atoms with Gasteiger partial charge in [0.2, 0.25) is 0 Å². The fourth-order valence-corrected chi connectivity index (χ4v) is 2.19. The van der Waals surface area contributed by atoms with Crippen LogP contribution in [-0.4, -0.2) is 9.78 Å². The molecule has 2 rings (SSSR count). The summed E-state index contributed by atoms with van der Waals surface area (Å²) in [6, 6.07) is 4.03. The van der Waals surface area contributed by atoms with Gasteiger partial charge < -0.3 is 5.73 Å². The van der Waals surface area contributed by atoms with Crippen LogP contribution < -0.4 is 5.73 Å². The molecule has 1 aromatic carbocycles. The largest absolute Gasteiger partial charge is 0.326 e. The van der Waals surface area contributed by atoms with Crippen molar-refractivity contribution >= 4 is 11.6 Å². The van der Waals surface area contributed by atoms with Gasteiger partial charge in [-0.05, 0) is 31.0 Å². The topological polar surface area (TPSA) is 43.8 Å². The minimum Gasteiger partial charge on any atom is -0.326 e. The second-order valence-corrected chi connectivity index (χ2v) is 4.32. The molecule has 0 saturated carbocycles. The normalized spacial score (nSPS) is 10.8. The third kappa shape index (κ3) is 1.96. The Morgan fingerprint density at radius 2 is 2.12 bits per heavy atom. The maximum absolute atomic E-state index is 6.23. The lowest BCUT2D eigenvalue weighted by atomic mass is 10.1. The van der Waals surface area contributed by atoms with E-state index in [0.717, 1.165) is 22.4 Å². The van der Waals surface area contributed by atoms with Crippen LogP contribution in [-0.2, 0) is 6.54 Å². The molecular formula is C12H14ClN3. The van der Waals surface area contributed by atoms with Crippen LogP contribution in [0.5, 0.6) is 0 Å². The SMILES string of the molecule is Cc1cc(C)c(-n2cc(CN)cn2)c(Cl)c1. The average Bonchev–Trinajstić information content (AvgIpc) is 2.64. The van der Waals surface area contributed by atoms with Crippen molar-refractivity contribution in [2.24, 2.45) is 5.73 Å². The van der Waals surface area contributed by atoms with Crippen LogP contribution in [0.4, 0.5) is 0 Å². The number of nitrogens with two attached hydrogens (primary N) is 1. The number of rotatable bonds is 2. The Hall–Kier alpha value is -1.32. The molecule has 84 valence electrons. The average molecular weight is 236 g/mol. The second-order valence-electron chi connectivity index (χ2n) is 3.91. The molecule has 16 heavy (non-hydrogen) atoms. The maximum atomic E-state index is 6.23. The summed E-state index contributed by atoms with van der Waals surface area (Å²) in [5, 5.41) is 4.97. The molecule has 4 heteroatoms. The van der Waals surface area contributed by atoms with Gasteiger partial charge in [-0.3, -0.25) is 0 Å². The minimum atomic E-state index is 0.489. The van der Waals surface area contributed by atoms with E-state index in [1.54, 1.807) is 10.9 Å². The first-order valence-electron chi connectivity index (χ1n) is 5.12. The van der Waals surface area contributed by atoms with Crippen molar-refractivity contribution in [3.8, 4) is 5.69 Å². The number of nitrogens with zero attached hydrogens (tertiary/aromatic N) is 2. The first-order chi connectivity index (χ1) is 7.61. The van der Waals surface area contributed by atoms with Gasteiger partial charge in [-0.25, -0.2) is 4.68 Å². The molecule has 0 saturated heterocycles. The van der Waals surface area contributed by atoms with Crippen LogP contribution in [0.3, 0.4) is 0 Å². The quantitative estimate of drug-likeness (QED) is 0.870. The third-order valence-electron chi connectivity index (χ3n) is 2.50. The summed E-state index contributed by atoms with van der Waals surface area (Å²) < 4.78 is 1.78. The lowest BCUT2D eigenvalue weighted by Crippen LogP contribution is -1.99. The Bertz CT molecular complexity index is 494. The van der Waals surface area contributed by atoms with E-state index in [2.05, 4.69) is 11.2 Å². The molecule has 2 aromatic rings. The van der Waals surface area contributed by atoms with E-state index in [1.807, 2.05) is 26.1 Å². The molecule has 0 fully saturated rings. The monoisotopic (exact) mass is 235 g/mol. The van der Waals surface area contributed by atoms with Gasteiger partial charge in [-0.2, -0.15) is 5.10 Å². The molecular weight excluding hydrogens is 222 g/mol. The van der Waals surface area contributed by atoms with Gasteiger partial charge in [0.1, 0.15) is 0 Å². The third-order valence-corrected chi connectivity index (χ3v) is 2.79. The summed E-state index contributed by atoms with van der Waals surface area (Å²) in [4.78, 5) is 0. The number of hydrogen-bond donors (Lipinski definition) is 1. The summed E-state index contributed by atoms with van der Waals surface area (Å²) in [7, 11) is 0. The van der Waals surface area contributed by atoms with Crippen molar-refractivity contribution in [3.05, 3.63) is 46.2 Å². The Kier molecular flexibility index (Phi) is 2.99. The highest BCUT2D eigenvalue weighted by atomic mass is 35.5. The Balaban J connectivity index is 2.55. The number of aromatic nitrogens is 2. The van der Waals surface area contributed by atoms with Crippen molar-refractivity contribution in [1.29, 1.82) is 0 Å². The van der Waals surface area contributed by atoms with Crippen molar-refractivity contribution in [2.45, 2.75) is 20.4 Å². The number of hydrogen-bond acceptors (Lipinski definition) is 2. The molecule has 0 bridgehead atoms. The van der Waals surface area contributed by atoms with Gasteiger partial charge in [0, 0.05) is 18.3 Å². The van der Waals surface area contributed by atoms with Gasteiger partial charge in [-0.15, -0.1) is 0 Å². The summed E-state index contributed by atoms with van der Waals surface area (Å²) >= 11 is 6.23. The molecule has 3 nitrogen and oxygen atoms in total. The molecule has 1 heterocycles. The van der Waals surface area contributed by atoms with Crippen molar-refractivity contribution < 1.29 is 0 Å². The zero-order valence-electron chi connectivity index (χ0n) is 9.37. The zero-order valence-corrected chi connectivity index (χ0v) is 10.1. The van der Waals surface area contributed by atoms with Gasteiger partial charge in [0.15, 0.2) is 0 Å². The van der Waals surface area contributed by atoms with Crippen molar-refractivity contribution in [2.75, 3.05) is 0 Å². The maximum Gasteiger partial charge on any atom is 0.0861 e. The van der Waals surface area contributed by atoms with Gasteiger partial charge in [0.25, 0.3) is 0 Å². The van der Waals surface area contributed by atoms with Crippen LogP contribution >= 0.6 is 11.6 Å². The summed E-state index contributed by atoms with van der Waals surface area (Å²) in [5.41, 5.74) is 9.73. The summed E-state index contributed by atoms with van der Waals surface area (Å²) in [6.07, 6.45) is 3.67. The number of halogens is 1. The molecule has 0 aliphatic rings. The van der Waals surface area contributed by atoms with E-state index in [0.29, 0.717) is 11.6 Å². The second kappa shape index (κ2) is 4.28. The Labute approximate surface area is 99.8 Å². The molecule has 0 atom stereocenters. The summed E-state index contributed by atoms with van der Waals surface area (Å²) in [6.45, 7) is 4.54. The summed E-state index contributed by atoms with van der Waals surface area (Å²) in [5.74, 6) is 0. The fourth-order valence-electron chi connectivity index (χ4n) is 1.79. The predicted molar refractivity (Wildman–Crippen MR) is 65.9 cm³/mol. The highest BCUT2D eigenvalue weighted by Gasteiger charge is 2.08. The number of benzene rings is 1. The standard InChI is InChI=1S/C12H14ClN3/c1-8-3-9(2)12(11(13)4-8)16-7-10(5-14)6-15-16/h3-4,6-7H,5,14H2,1-2H3. The molecule has 0 radical (unpaired) electrons. The Morgan fingerprint density at radius 3 is 2.69 bits per heavy atom. The van der Waals surface area contributed by atoms with Gasteiger partial charge in [0.05, 0.1) is 16.9 Å². The van der Waals surface area contributed by atoms with Gasteiger partial charge in [-0.1, -0.05) is 17.7 Å². The first kappa shape index (κ1) is 11.2. The smallest absolute Gasteiger partial charge is 0.0861 e. The van der Waals surface area contributed by atoms with E-state index in [-0.39, 0.29) is 0 Å². The van der Waals surface area contributed by atoms with Crippen molar-refractivity contribution in [1.82, 2.24) is 9.78 Å².